The Morgan fingerprint density at radius 3 is 2.46 bits per heavy atom. The summed E-state index contributed by atoms with van der Waals surface area (Å²) < 4.78 is 31.9. The molecule has 0 saturated carbocycles. The van der Waals surface area contributed by atoms with E-state index in [1.807, 2.05) is 30.3 Å². The van der Waals surface area contributed by atoms with E-state index in [0.29, 0.717) is 19.5 Å². The van der Waals surface area contributed by atoms with Crippen LogP contribution in [0.15, 0.2) is 48.5 Å². The van der Waals surface area contributed by atoms with E-state index in [9.17, 15) is 13.6 Å². The maximum atomic E-state index is 13.8. The fraction of sp³-hybridized carbons (Fsp3) is 0.211. The van der Waals surface area contributed by atoms with Gasteiger partial charge < -0.3 is 9.64 Å². The maximum absolute atomic E-state index is 13.8. The molecule has 1 aliphatic rings. The molecule has 124 valence electrons. The number of halogens is 2. The molecular weight excluding hydrogens is 312 g/mol. The number of methoxy groups -OCH3 is 1. The molecule has 0 spiro atoms. The van der Waals surface area contributed by atoms with Crippen molar-refractivity contribution in [2.45, 2.75) is 6.42 Å². The van der Waals surface area contributed by atoms with Gasteiger partial charge in [-0.15, -0.1) is 0 Å². The SMILES string of the molecule is COc1ccc(C2=CCN(C(=O)c3ccc(F)cc3F)CC2)cc1. The number of carbonyl (C=O) groups excluding carboxylic acids is 1. The Morgan fingerprint density at radius 2 is 1.88 bits per heavy atom. The van der Waals surface area contributed by atoms with Crippen molar-refractivity contribution in [1.82, 2.24) is 4.90 Å². The summed E-state index contributed by atoms with van der Waals surface area (Å²) in [6.07, 6.45) is 2.64. The second kappa shape index (κ2) is 6.83. The van der Waals surface area contributed by atoms with Crippen molar-refractivity contribution in [3.8, 4) is 5.75 Å². The van der Waals surface area contributed by atoms with Crippen LogP contribution in [0.2, 0.25) is 0 Å². The summed E-state index contributed by atoms with van der Waals surface area (Å²) in [6, 6.07) is 10.7. The van der Waals surface area contributed by atoms with Gasteiger partial charge in [0.15, 0.2) is 0 Å². The Bertz CT molecular complexity index is 784. The van der Waals surface area contributed by atoms with Crippen LogP contribution >= 0.6 is 0 Å². The van der Waals surface area contributed by atoms with Gasteiger partial charge in [0.05, 0.1) is 12.7 Å². The molecule has 0 atom stereocenters. The van der Waals surface area contributed by atoms with Crippen LogP contribution in [0.4, 0.5) is 8.78 Å². The monoisotopic (exact) mass is 329 g/mol. The van der Waals surface area contributed by atoms with Crippen LogP contribution < -0.4 is 4.74 Å². The molecule has 2 aromatic carbocycles. The Balaban J connectivity index is 1.73. The number of hydrogen-bond acceptors (Lipinski definition) is 2. The molecule has 5 heteroatoms. The molecule has 2 aromatic rings. The third kappa shape index (κ3) is 3.30. The molecule has 24 heavy (non-hydrogen) atoms. The van der Waals surface area contributed by atoms with Crippen LogP contribution in [0.3, 0.4) is 0 Å². The normalized spacial score (nSPS) is 14.3. The number of benzene rings is 2. The lowest BCUT2D eigenvalue weighted by atomic mass is 9.99. The Kier molecular flexibility index (Phi) is 4.60. The number of hydrogen-bond donors (Lipinski definition) is 0. The average Bonchev–Trinajstić information content (AvgIpc) is 2.61. The second-order valence-electron chi connectivity index (χ2n) is 5.58. The molecule has 3 nitrogen and oxygen atoms in total. The van der Waals surface area contributed by atoms with E-state index in [1.54, 1.807) is 12.0 Å². The van der Waals surface area contributed by atoms with Gasteiger partial charge in [-0.25, -0.2) is 8.78 Å². The molecule has 0 unspecified atom stereocenters. The fourth-order valence-electron chi connectivity index (χ4n) is 2.75. The quantitative estimate of drug-likeness (QED) is 0.855. The minimum Gasteiger partial charge on any atom is -0.497 e. The number of nitrogens with zero attached hydrogens (tertiary/aromatic N) is 1. The number of ether oxygens (including phenoxy) is 1. The lowest BCUT2D eigenvalue weighted by Crippen LogP contribution is -2.35. The van der Waals surface area contributed by atoms with Gasteiger partial charge in [-0.05, 0) is 41.8 Å². The van der Waals surface area contributed by atoms with Crippen molar-refractivity contribution in [3.63, 3.8) is 0 Å². The highest BCUT2D eigenvalue weighted by Crippen LogP contribution is 2.25. The molecule has 0 N–H and O–H groups in total. The second-order valence-corrected chi connectivity index (χ2v) is 5.58. The summed E-state index contributed by atoms with van der Waals surface area (Å²) in [5.41, 5.74) is 2.12. The van der Waals surface area contributed by atoms with Crippen LogP contribution in [0.25, 0.3) is 5.57 Å². The lowest BCUT2D eigenvalue weighted by molar-refractivity contribution is 0.0768. The fourth-order valence-corrected chi connectivity index (χ4v) is 2.75. The van der Waals surface area contributed by atoms with Gasteiger partial charge in [-0.2, -0.15) is 0 Å². The van der Waals surface area contributed by atoms with Crippen molar-refractivity contribution in [3.05, 3.63) is 71.3 Å². The first-order valence-electron chi connectivity index (χ1n) is 7.66. The molecule has 0 aromatic heterocycles. The molecule has 0 aliphatic carbocycles. The zero-order valence-electron chi connectivity index (χ0n) is 13.3. The molecule has 1 heterocycles. The summed E-state index contributed by atoms with van der Waals surface area (Å²) in [6.45, 7) is 0.893. The van der Waals surface area contributed by atoms with Crippen molar-refractivity contribution in [1.29, 1.82) is 0 Å². The van der Waals surface area contributed by atoms with Crippen molar-refractivity contribution >= 4 is 11.5 Å². The molecule has 0 bridgehead atoms. The van der Waals surface area contributed by atoms with Crippen molar-refractivity contribution < 1.29 is 18.3 Å². The number of rotatable bonds is 3. The van der Waals surface area contributed by atoms with E-state index < -0.39 is 17.5 Å². The van der Waals surface area contributed by atoms with Crippen molar-refractivity contribution in [2.24, 2.45) is 0 Å². The summed E-state index contributed by atoms with van der Waals surface area (Å²) >= 11 is 0. The van der Waals surface area contributed by atoms with E-state index in [2.05, 4.69) is 0 Å². The molecule has 3 rings (SSSR count). The number of amides is 1. The average molecular weight is 329 g/mol. The molecule has 0 fully saturated rings. The minimum absolute atomic E-state index is 0.0994. The highest BCUT2D eigenvalue weighted by molar-refractivity contribution is 5.95. The zero-order valence-corrected chi connectivity index (χ0v) is 13.3. The van der Waals surface area contributed by atoms with E-state index in [-0.39, 0.29) is 5.56 Å². The third-order valence-corrected chi connectivity index (χ3v) is 4.12. The minimum atomic E-state index is -0.829. The number of carbonyl (C=O) groups is 1. The van der Waals surface area contributed by atoms with Crippen LogP contribution in [0.5, 0.6) is 5.75 Å². The van der Waals surface area contributed by atoms with E-state index >= 15 is 0 Å². The van der Waals surface area contributed by atoms with E-state index in [1.165, 1.54) is 6.07 Å². The predicted octanol–water partition coefficient (Wildman–Crippen LogP) is 3.90. The molecule has 1 aliphatic heterocycles. The summed E-state index contributed by atoms with van der Waals surface area (Å²) in [5.74, 6) is -1.15. The van der Waals surface area contributed by atoms with E-state index in [4.69, 9.17) is 4.74 Å². The Labute approximate surface area is 139 Å². The van der Waals surface area contributed by atoms with Gasteiger partial charge in [0.1, 0.15) is 17.4 Å². The molecule has 0 radical (unpaired) electrons. The van der Waals surface area contributed by atoms with Crippen molar-refractivity contribution in [2.75, 3.05) is 20.2 Å². The smallest absolute Gasteiger partial charge is 0.257 e. The predicted molar refractivity (Wildman–Crippen MR) is 87.8 cm³/mol. The summed E-state index contributed by atoms with van der Waals surface area (Å²) in [5, 5.41) is 0. The van der Waals surface area contributed by atoms with Crippen LogP contribution in [-0.2, 0) is 0 Å². The first-order chi connectivity index (χ1) is 11.6. The van der Waals surface area contributed by atoms with Gasteiger partial charge in [0.2, 0.25) is 0 Å². The van der Waals surface area contributed by atoms with Gasteiger partial charge in [-0.1, -0.05) is 18.2 Å². The first kappa shape index (κ1) is 16.2. The Morgan fingerprint density at radius 1 is 1.12 bits per heavy atom. The van der Waals surface area contributed by atoms with Gasteiger partial charge in [0.25, 0.3) is 5.91 Å². The highest BCUT2D eigenvalue weighted by Gasteiger charge is 2.22. The maximum Gasteiger partial charge on any atom is 0.257 e. The highest BCUT2D eigenvalue weighted by atomic mass is 19.1. The Hall–Kier alpha value is -2.69. The lowest BCUT2D eigenvalue weighted by Gasteiger charge is -2.27. The van der Waals surface area contributed by atoms with Gasteiger partial charge >= 0.3 is 0 Å². The van der Waals surface area contributed by atoms with Crippen LogP contribution in [0, 0.1) is 11.6 Å². The largest absolute Gasteiger partial charge is 0.497 e. The molecular formula is C19H17F2NO2. The topological polar surface area (TPSA) is 29.5 Å². The molecule has 1 amide bonds. The third-order valence-electron chi connectivity index (χ3n) is 4.12. The summed E-state index contributed by atoms with van der Waals surface area (Å²) in [4.78, 5) is 13.9. The van der Waals surface area contributed by atoms with Gasteiger partial charge in [0, 0.05) is 19.2 Å². The van der Waals surface area contributed by atoms with Crippen LogP contribution in [0.1, 0.15) is 22.3 Å². The first-order valence-corrected chi connectivity index (χ1v) is 7.66. The van der Waals surface area contributed by atoms with E-state index in [0.717, 1.165) is 29.0 Å². The summed E-state index contributed by atoms with van der Waals surface area (Å²) in [7, 11) is 1.62. The zero-order chi connectivity index (χ0) is 17.1. The molecule has 0 saturated heterocycles. The van der Waals surface area contributed by atoms with Gasteiger partial charge in [-0.3, -0.25) is 4.79 Å². The van der Waals surface area contributed by atoms with Crippen LogP contribution in [-0.4, -0.2) is 31.0 Å². The standard InChI is InChI=1S/C19H17F2NO2/c1-24-16-5-2-13(3-6-16)14-8-10-22(11-9-14)19(23)17-7-4-15(20)12-18(17)21/h2-8,12H,9-11H2,1H3.